The molecule has 1 atom stereocenters. The summed E-state index contributed by atoms with van der Waals surface area (Å²) in [5.41, 5.74) is 3.57. The third-order valence-corrected chi connectivity index (χ3v) is 6.22. The van der Waals surface area contributed by atoms with Gasteiger partial charge in [-0.15, -0.1) is 0 Å². The first-order valence-electron chi connectivity index (χ1n) is 9.58. The van der Waals surface area contributed by atoms with Crippen LogP contribution in [0.5, 0.6) is 0 Å². The van der Waals surface area contributed by atoms with Crippen LogP contribution in [0.3, 0.4) is 0 Å². The van der Waals surface area contributed by atoms with Gasteiger partial charge in [-0.1, -0.05) is 11.6 Å². The zero-order valence-electron chi connectivity index (χ0n) is 16.0. The molecule has 1 aromatic heterocycles. The number of fused-ring (bicyclic) bond motifs is 1. The number of aromatic nitrogens is 2. The molecule has 140 valence electrons. The summed E-state index contributed by atoms with van der Waals surface area (Å²) < 4.78 is 1.89. The van der Waals surface area contributed by atoms with Crippen LogP contribution >= 0.6 is 0 Å². The molecule has 2 fully saturated rings. The van der Waals surface area contributed by atoms with Crippen LogP contribution in [0.25, 0.3) is 10.9 Å². The normalized spacial score (nSPS) is 23.0. The highest BCUT2D eigenvalue weighted by atomic mass is 16.2. The van der Waals surface area contributed by atoms with E-state index >= 15 is 0 Å². The van der Waals surface area contributed by atoms with Crippen LogP contribution in [0, 0.1) is 12.3 Å². The van der Waals surface area contributed by atoms with Crippen molar-refractivity contribution in [3.63, 3.8) is 0 Å². The molecule has 1 spiro atoms. The number of rotatable bonds is 3. The molecule has 3 heterocycles. The van der Waals surface area contributed by atoms with Crippen LogP contribution in [0.15, 0.2) is 18.2 Å². The number of aryl methyl sites for hydroxylation is 2. The maximum Gasteiger partial charge on any atom is 0.237 e. The average molecular weight is 355 g/mol. The summed E-state index contributed by atoms with van der Waals surface area (Å²) >= 11 is 0. The van der Waals surface area contributed by atoms with E-state index in [4.69, 9.17) is 0 Å². The van der Waals surface area contributed by atoms with Crippen LogP contribution in [0.4, 0.5) is 0 Å². The van der Waals surface area contributed by atoms with Crippen molar-refractivity contribution >= 4 is 16.8 Å². The number of hydrogen-bond acceptors (Lipinski definition) is 4. The number of nitrogens with zero attached hydrogens (tertiary/aromatic N) is 3. The minimum absolute atomic E-state index is 0.0233. The number of benzene rings is 1. The third kappa shape index (κ3) is 3.12. The van der Waals surface area contributed by atoms with Crippen molar-refractivity contribution in [2.24, 2.45) is 12.5 Å². The van der Waals surface area contributed by atoms with Gasteiger partial charge in [0.15, 0.2) is 0 Å². The standard InChI is InChI=1S/C20H29N5O/c1-14-4-5-17-15(10-14)16(23-25(17)3)12-22-19(26)18-11-20(13-24(18)2)6-8-21-9-7-20/h4-5,10,18,21H,6-9,11-13H2,1-3H3,(H,22,26). The Kier molecular flexibility index (Phi) is 4.49. The Bertz CT molecular complexity index is 821. The van der Waals surface area contributed by atoms with E-state index in [1.807, 2.05) is 11.7 Å². The molecule has 4 rings (SSSR count). The van der Waals surface area contributed by atoms with Crippen molar-refractivity contribution in [3.05, 3.63) is 29.5 Å². The van der Waals surface area contributed by atoms with Gasteiger partial charge < -0.3 is 10.6 Å². The fraction of sp³-hybridized carbons (Fsp3) is 0.600. The molecule has 1 amide bonds. The molecule has 1 unspecified atom stereocenters. The number of carbonyl (C=O) groups excluding carboxylic acids is 1. The number of likely N-dealkylation sites (N-methyl/N-ethyl adjacent to an activating group) is 1. The van der Waals surface area contributed by atoms with Crippen molar-refractivity contribution in [2.45, 2.75) is 38.8 Å². The molecular weight excluding hydrogens is 326 g/mol. The first-order valence-corrected chi connectivity index (χ1v) is 9.58. The zero-order valence-corrected chi connectivity index (χ0v) is 16.0. The number of carbonyl (C=O) groups is 1. The summed E-state index contributed by atoms with van der Waals surface area (Å²) in [6.07, 6.45) is 3.32. The van der Waals surface area contributed by atoms with E-state index in [1.54, 1.807) is 0 Å². The van der Waals surface area contributed by atoms with Gasteiger partial charge in [-0.05, 0) is 63.9 Å². The molecule has 6 heteroatoms. The summed E-state index contributed by atoms with van der Waals surface area (Å²) in [5.74, 6) is 0.134. The van der Waals surface area contributed by atoms with Crippen molar-refractivity contribution in [1.29, 1.82) is 0 Å². The van der Waals surface area contributed by atoms with Gasteiger partial charge in [0.1, 0.15) is 0 Å². The second-order valence-corrected chi connectivity index (χ2v) is 8.19. The predicted molar refractivity (Wildman–Crippen MR) is 103 cm³/mol. The minimum Gasteiger partial charge on any atom is -0.349 e. The molecule has 2 saturated heterocycles. The molecule has 2 aliphatic rings. The topological polar surface area (TPSA) is 62.2 Å². The lowest BCUT2D eigenvalue weighted by Gasteiger charge is -2.33. The fourth-order valence-electron chi connectivity index (χ4n) is 4.75. The highest BCUT2D eigenvalue weighted by Crippen LogP contribution is 2.41. The van der Waals surface area contributed by atoms with Gasteiger partial charge >= 0.3 is 0 Å². The number of hydrogen-bond donors (Lipinski definition) is 2. The van der Waals surface area contributed by atoms with Gasteiger partial charge in [0.25, 0.3) is 0 Å². The molecule has 2 N–H and O–H groups in total. The molecule has 0 saturated carbocycles. The first kappa shape index (κ1) is 17.5. The Morgan fingerprint density at radius 3 is 2.88 bits per heavy atom. The molecule has 0 aliphatic carbocycles. The Labute approximate surface area is 154 Å². The van der Waals surface area contributed by atoms with Crippen LogP contribution in [0.1, 0.15) is 30.5 Å². The highest BCUT2D eigenvalue weighted by molar-refractivity contribution is 5.85. The number of likely N-dealkylation sites (tertiary alicyclic amines) is 1. The average Bonchev–Trinajstić information content (AvgIpc) is 3.10. The Morgan fingerprint density at radius 2 is 2.12 bits per heavy atom. The second kappa shape index (κ2) is 6.67. The van der Waals surface area contributed by atoms with E-state index in [9.17, 15) is 4.79 Å². The SMILES string of the molecule is Cc1ccc2c(c1)c(CNC(=O)C1CC3(CCNCC3)CN1C)nn2C. The van der Waals surface area contributed by atoms with E-state index in [-0.39, 0.29) is 11.9 Å². The van der Waals surface area contributed by atoms with Gasteiger partial charge in [0.05, 0.1) is 23.8 Å². The molecule has 0 bridgehead atoms. The van der Waals surface area contributed by atoms with E-state index < -0.39 is 0 Å². The summed E-state index contributed by atoms with van der Waals surface area (Å²) in [7, 11) is 4.04. The summed E-state index contributed by atoms with van der Waals surface area (Å²) in [6, 6.07) is 6.31. The molecule has 1 aromatic carbocycles. The van der Waals surface area contributed by atoms with Crippen molar-refractivity contribution < 1.29 is 4.79 Å². The van der Waals surface area contributed by atoms with E-state index in [2.05, 4.69) is 52.8 Å². The maximum atomic E-state index is 12.9. The van der Waals surface area contributed by atoms with Crippen LogP contribution < -0.4 is 10.6 Å². The van der Waals surface area contributed by atoms with Gasteiger partial charge in [0, 0.05) is 19.0 Å². The quantitative estimate of drug-likeness (QED) is 0.877. The lowest BCUT2D eigenvalue weighted by atomic mass is 9.77. The highest BCUT2D eigenvalue weighted by Gasteiger charge is 2.45. The largest absolute Gasteiger partial charge is 0.349 e. The van der Waals surface area contributed by atoms with Crippen molar-refractivity contribution in [3.8, 4) is 0 Å². The van der Waals surface area contributed by atoms with Gasteiger partial charge in [0.2, 0.25) is 5.91 Å². The predicted octanol–water partition coefficient (Wildman–Crippen LogP) is 1.57. The monoisotopic (exact) mass is 355 g/mol. The summed E-state index contributed by atoms with van der Waals surface area (Å²) in [6.45, 7) is 5.74. The second-order valence-electron chi connectivity index (χ2n) is 8.19. The van der Waals surface area contributed by atoms with Crippen LogP contribution in [-0.2, 0) is 18.4 Å². The van der Waals surface area contributed by atoms with Gasteiger partial charge in [-0.3, -0.25) is 14.4 Å². The first-order chi connectivity index (χ1) is 12.5. The minimum atomic E-state index is -0.0233. The van der Waals surface area contributed by atoms with Gasteiger partial charge in [-0.25, -0.2) is 0 Å². The smallest absolute Gasteiger partial charge is 0.237 e. The molecule has 2 aliphatic heterocycles. The Hall–Kier alpha value is -1.92. The molecule has 0 radical (unpaired) electrons. The molecule has 26 heavy (non-hydrogen) atoms. The summed E-state index contributed by atoms with van der Waals surface area (Å²) in [5, 5.41) is 12.3. The zero-order chi connectivity index (χ0) is 18.3. The summed E-state index contributed by atoms with van der Waals surface area (Å²) in [4.78, 5) is 15.1. The van der Waals surface area contributed by atoms with E-state index in [0.717, 1.165) is 42.7 Å². The lowest BCUT2D eigenvalue weighted by molar-refractivity contribution is -0.125. The van der Waals surface area contributed by atoms with Crippen LogP contribution in [0.2, 0.25) is 0 Å². The van der Waals surface area contributed by atoms with E-state index in [1.165, 1.54) is 18.4 Å². The number of amides is 1. The van der Waals surface area contributed by atoms with Crippen LogP contribution in [-0.4, -0.2) is 53.3 Å². The maximum absolute atomic E-state index is 12.9. The van der Waals surface area contributed by atoms with Crippen molar-refractivity contribution in [1.82, 2.24) is 25.3 Å². The van der Waals surface area contributed by atoms with E-state index in [0.29, 0.717) is 12.0 Å². The third-order valence-electron chi connectivity index (χ3n) is 6.22. The van der Waals surface area contributed by atoms with Crippen molar-refractivity contribution in [2.75, 3.05) is 26.7 Å². The number of piperidine rings is 1. The molecule has 6 nitrogen and oxygen atoms in total. The van der Waals surface area contributed by atoms with Gasteiger partial charge in [-0.2, -0.15) is 5.10 Å². The Balaban J connectivity index is 1.45. The Morgan fingerprint density at radius 1 is 1.35 bits per heavy atom. The number of nitrogens with one attached hydrogen (secondary N) is 2. The molecular formula is C20H29N5O. The lowest BCUT2D eigenvalue weighted by Crippen LogP contribution is -2.41. The fourth-order valence-corrected chi connectivity index (χ4v) is 4.75. The molecule has 2 aromatic rings.